The molecule has 0 radical (unpaired) electrons. The van der Waals surface area contributed by atoms with Gasteiger partial charge < -0.3 is 20.9 Å². The van der Waals surface area contributed by atoms with Gasteiger partial charge in [-0.05, 0) is 42.0 Å². The van der Waals surface area contributed by atoms with Gasteiger partial charge in [-0.2, -0.15) is 0 Å². The van der Waals surface area contributed by atoms with Crippen molar-refractivity contribution in [3.63, 3.8) is 0 Å². The molecule has 0 saturated heterocycles. The molecule has 0 bridgehead atoms. The van der Waals surface area contributed by atoms with Crippen molar-refractivity contribution in [3.8, 4) is 0 Å². The molecular weight excluding hydrogens is 501 g/mol. The van der Waals surface area contributed by atoms with Crippen molar-refractivity contribution in [1.82, 2.24) is 4.57 Å². The van der Waals surface area contributed by atoms with Gasteiger partial charge in [0.15, 0.2) is 0 Å². The highest BCUT2D eigenvalue weighted by Gasteiger charge is 2.06. The van der Waals surface area contributed by atoms with Crippen LogP contribution in [0.3, 0.4) is 0 Å². The van der Waals surface area contributed by atoms with Crippen LogP contribution in [0.5, 0.6) is 0 Å². The second-order valence-corrected chi connectivity index (χ2v) is 7.05. The Morgan fingerprint density at radius 1 is 0.935 bits per heavy atom. The highest BCUT2D eigenvalue weighted by atomic mass is 127. The Morgan fingerprint density at radius 3 is 2.45 bits per heavy atom. The summed E-state index contributed by atoms with van der Waals surface area (Å²) >= 11 is 0. The molecule has 6 nitrogen and oxygen atoms in total. The van der Waals surface area contributed by atoms with E-state index in [2.05, 4.69) is 15.6 Å². The van der Waals surface area contributed by atoms with E-state index in [1.165, 1.54) is 0 Å². The standard InChI is InChI=1S/C24H23N5O.HI/c1-29-13-12-18-14-21(10-11-22(18)29)28-24(30)27-20-9-5-8-19(15-20)23(25)26-16-17-6-3-2-4-7-17;/h2-15H,16H2,1H3,(H2,25,26)(H2,27,28,30);1H. The molecule has 0 spiro atoms. The van der Waals surface area contributed by atoms with E-state index in [0.29, 0.717) is 18.1 Å². The number of nitrogens with one attached hydrogen (secondary N) is 2. The van der Waals surface area contributed by atoms with E-state index in [-0.39, 0.29) is 30.0 Å². The number of carbonyl (C=O) groups is 1. The zero-order chi connectivity index (χ0) is 20.9. The first kappa shape index (κ1) is 22.4. The largest absolute Gasteiger partial charge is 0.383 e. The van der Waals surface area contributed by atoms with Crippen LogP contribution in [0.25, 0.3) is 10.9 Å². The Kier molecular flexibility index (Phi) is 7.30. The lowest BCUT2D eigenvalue weighted by Gasteiger charge is -2.10. The van der Waals surface area contributed by atoms with Crippen LogP contribution in [0.2, 0.25) is 0 Å². The molecule has 3 aromatic carbocycles. The summed E-state index contributed by atoms with van der Waals surface area (Å²) in [6, 6.07) is 24.8. The van der Waals surface area contributed by atoms with Crippen LogP contribution in [-0.2, 0) is 13.6 Å². The van der Waals surface area contributed by atoms with Gasteiger partial charge in [0.05, 0.1) is 6.54 Å². The molecule has 7 heteroatoms. The summed E-state index contributed by atoms with van der Waals surface area (Å²) in [5.41, 5.74) is 10.5. The topological polar surface area (TPSA) is 84.4 Å². The third-order valence-corrected chi connectivity index (χ3v) is 4.83. The summed E-state index contributed by atoms with van der Waals surface area (Å²) in [7, 11) is 1.99. The number of fused-ring (bicyclic) bond motifs is 1. The molecule has 0 aliphatic carbocycles. The van der Waals surface area contributed by atoms with Crippen molar-refractivity contribution < 1.29 is 4.79 Å². The average Bonchev–Trinajstić information content (AvgIpc) is 3.13. The Bertz CT molecular complexity index is 1220. The summed E-state index contributed by atoms with van der Waals surface area (Å²) in [6.07, 6.45) is 1.99. The van der Waals surface area contributed by atoms with E-state index in [1.807, 2.05) is 96.7 Å². The van der Waals surface area contributed by atoms with Crippen LogP contribution in [0, 0.1) is 0 Å². The summed E-state index contributed by atoms with van der Waals surface area (Å²) in [6.45, 7) is 0.507. The summed E-state index contributed by atoms with van der Waals surface area (Å²) in [5.74, 6) is 0.428. The van der Waals surface area contributed by atoms with E-state index in [0.717, 1.165) is 27.7 Å². The van der Waals surface area contributed by atoms with Gasteiger partial charge in [-0.1, -0.05) is 42.5 Å². The SMILES string of the molecule is Cn1ccc2cc(NC(=O)Nc3cccc(C(N)=NCc4ccccc4)c3)ccc21.I. The number of hydrogen-bond acceptors (Lipinski definition) is 2. The number of anilines is 2. The molecular formula is C24H24IN5O. The van der Waals surface area contributed by atoms with Gasteiger partial charge in [-0.15, -0.1) is 24.0 Å². The Morgan fingerprint density at radius 2 is 1.68 bits per heavy atom. The van der Waals surface area contributed by atoms with E-state index >= 15 is 0 Å². The lowest BCUT2D eigenvalue weighted by molar-refractivity contribution is 0.262. The number of aryl methyl sites for hydroxylation is 1. The fourth-order valence-electron chi connectivity index (χ4n) is 3.26. The van der Waals surface area contributed by atoms with Crippen LogP contribution in [-0.4, -0.2) is 16.4 Å². The maximum atomic E-state index is 12.4. The maximum Gasteiger partial charge on any atom is 0.323 e. The predicted octanol–water partition coefficient (Wildman–Crippen LogP) is 5.35. The third-order valence-electron chi connectivity index (χ3n) is 4.83. The number of halogens is 1. The number of aliphatic imine (C=N–C) groups is 1. The number of benzene rings is 3. The van der Waals surface area contributed by atoms with E-state index in [4.69, 9.17) is 5.73 Å². The minimum absolute atomic E-state index is 0. The molecule has 0 aliphatic rings. The molecule has 31 heavy (non-hydrogen) atoms. The summed E-state index contributed by atoms with van der Waals surface area (Å²) in [4.78, 5) is 16.9. The Labute approximate surface area is 198 Å². The fourth-order valence-corrected chi connectivity index (χ4v) is 3.26. The minimum atomic E-state index is -0.317. The molecule has 4 N–H and O–H groups in total. The second-order valence-electron chi connectivity index (χ2n) is 7.05. The van der Waals surface area contributed by atoms with Gasteiger partial charge in [0.1, 0.15) is 5.84 Å². The van der Waals surface area contributed by atoms with Crippen molar-refractivity contribution in [2.45, 2.75) is 6.54 Å². The van der Waals surface area contributed by atoms with Crippen LogP contribution < -0.4 is 16.4 Å². The highest BCUT2D eigenvalue weighted by molar-refractivity contribution is 14.0. The van der Waals surface area contributed by atoms with Gasteiger partial charge in [0, 0.05) is 41.1 Å². The van der Waals surface area contributed by atoms with Crippen LogP contribution >= 0.6 is 24.0 Å². The number of amides is 2. The fraction of sp³-hybridized carbons (Fsp3) is 0.0833. The molecule has 1 aromatic heterocycles. The van der Waals surface area contributed by atoms with Crippen LogP contribution in [0.1, 0.15) is 11.1 Å². The molecule has 0 atom stereocenters. The summed E-state index contributed by atoms with van der Waals surface area (Å²) < 4.78 is 2.04. The number of carbonyl (C=O) groups excluding carboxylic acids is 1. The van der Waals surface area contributed by atoms with Gasteiger partial charge in [-0.3, -0.25) is 4.99 Å². The molecule has 4 aromatic rings. The number of nitrogens with zero attached hydrogens (tertiary/aromatic N) is 2. The van der Waals surface area contributed by atoms with Crippen molar-refractivity contribution in [2.75, 3.05) is 10.6 Å². The molecule has 158 valence electrons. The first-order valence-electron chi connectivity index (χ1n) is 9.66. The number of nitrogens with two attached hydrogens (primary N) is 1. The predicted molar refractivity (Wildman–Crippen MR) is 138 cm³/mol. The zero-order valence-corrected chi connectivity index (χ0v) is 19.4. The monoisotopic (exact) mass is 525 g/mol. The molecule has 0 unspecified atom stereocenters. The number of rotatable bonds is 5. The average molecular weight is 525 g/mol. The lowest BCUT2D eigenvalue weighted by atomic mass is 10.2. The van der Waals surface area contributed by atoms with Gasteiger partial charge in [0.25, 0.3) is 0 Å². The van der Waals surface area contributed by atoms with Crippen LogP contribution in [0.4, 0.5) is 16.2 Å². The molecule has 2 amide bonds. The van der Waals surface area contributed by atoms with Gasteiger partial charge >= 0.3 is 6.03 Å². The lowest BCUT2D eigenvalue weighted by Crippen LogP contribution is -2.20. The molecule has 4 rings (SSSR count). The van der Waals surface area contributed by atoms with Crippen molar-refractivity contribution in [3.05, 3.63) is 96.2 Å². The van der Waals surface area contributed by atoms with Gasteiger partial charge in [0.2, 0.25) is 0 Å². The van der Waals surface area contributed by atoms with Crippen molar-refractivity contribution >= 4 is 58.1 Å². The molecule has 0 saturated carbocycles. The molecule has 0 fully saturated rings. The maximum absolute atomic E-state index is 12.4. The first-order chi connectivity index (χ1) is 14.6. The third kappa shape index (κ3) is 5.64. The number of hydrogen-bond donors (Lipinski definition) is 3. The zero-order valence-electron chi connectivity index (χ0n) is 17.1. The highest BCUT2D eigenvalue weighted by Crippen LogP contribution is 2.20. The quantitative estimate of drug-likeness (QED) is 0.187. The first-order valence-corrected chi connectivity index (χ1v) is 9.66. The smallest absolute Gasteiger partial charge is 0.323 e. The van der Waals surface area contributed by atoms with Crippen molar-refractivity contribution in [1.29, 1.82) is 0 Å². The second kappa shape index (κ2) is 10.1. The Hall–Kier alpha value is -3.33. The van der Waals surface area contributed by atoms with Crippen molar-refractivity contribution in [2.24, 2.45) is 17.8 Å². The van der Waals surface area contributed by atoms with E-state index < -0.39 is 0 Å². The minimum Gasteiger partial charge on any atom is -0.383 e. The number of aromatic nitrogens is 1. The molecule has 1 heterocycles. The number of urea groups is 1. The van der Waals surface area contributed by atoms with E-state index in [1.54, 1.807) is 0 Å². The Balaban J connectivity index is 0.00000272. The normalized spacial score (nSPS) is 11.1. The number of amidine groups is 1. The summed E-state index contributed by atoms with van der Waals surface area (Å²) in [5, 5.41) is 6.78. The molecule has 0 aliphatic heterocycles. The van der Waals surface area contributed by atoms with Gasteiger partial charge in [-0.25, -0.2) is 4.79 Å². The van der Waals surface area contributed by atoms with Crippen LogP contribution in [0.15, 0.2) is 90.1 Å². The van der Waals surface area contributed by atoms with E-state index in [9.17, 15) is 4.79 Å².